The zero-order valence-electron chi connectivity index (χ0n) is 8.91. The van der Waals surface area contributed by atoms with Crippen molar-refractivity contribution in [2.45, 2.75) is 17.3 Å². The lowest BCUT2D eigenvalue weighted by Gasteiger charge is -2.02. The summed E-state index contributed by atoms with van der Waals surface area (Å²) in [5.74, 6) is 0.936. The van der Waals surface area contributed by atoms with Crippen molar-refractivity contribution >= 4 is 11.8 Å². The lowest BCUT2D eigenvalue weighted by atomic mass is 10.2. The Morgan fingerprint density at radius 3 is 2.88 bits per heavy atom. The van der Waals surface area contributed by atoms with Crippen LogP contribution >= 0.6 is 11.8 Å². The van der Waals surface area contributed by atoms with Crippen molar-refractivity contribution in [1.29, 1.82) is 0 Å². The van der Waals surface area contributed by atoms with Gasteiger partial charge in [-0.1, -0.05) is 41.6 Å². The Balaban J connectivity index is 1.99. The van der Waals surface area contributed by atoms with E-state index in [-0.39, 0.29) is 0 Å². The molecule has 0 spiro atoms. The van der Waals surface area contributed by atoms with Crippen molar-refractivity contribution in [2.24, 2.45) is 0 Å². The lowest BCUT2D eigenvalue weighted by Crippen LogP contribution is -1.99. The molecule has 0 unspecified atom stereocenters. The summed E-state index contributed by atoms with van der Waals surface area (Å²) >= 11 is 1.74. The molecule has 0 saturated heterocycles. The van der Waals surface area contributed by atoms with Gasteiger partial charge in [-0.05, 0) is 5.56 Å². The van der Waals surface area contributed by atoms with Crippen molar-refractivity contribution in [3.8, 4) is 0 Å². The van der Waals surface area contributed by atoms with E-state index >= 15 is 0 Å². The van der Waals surface area contributed by atoms with Crippen molar-refractivity contribution in [1.82, 2.24) is 15.0 Å². The van der Waals surface area contributed by atoms with Crippen molar-refractivity contribution in [3.05, 3.63) is 54.7 Å². The van der Waals surface area contributed by atoms with Gasteiger partial charge in [0.05, 0.1) is 12.7 Å². The first-order chi connectivity index (χ1) is 7.90. The van der Waals surface area contributed by atoms with Gasteiger partial charge < -0.3 is 0 Å². The Kier molecular flexibility index (Phi) is 3.77. The van der Waals surface area contributed by atoms with E-state index in [1.165, 1.54) is 5.56 Å². The van der Waals surface area contributed by atoms with Crippen LogP contribution in [-0.4, -0.2) is 15.0 Å². The minimum atomic E-state index is 0.705. The molecule has 0 amide bonds. The molecule has 4 heteroatoms. The number of rotatable bonds is 5. The third-order valence-corrected chi connectivity index (χ3v) is 3.20. The molecule has 82 valence electrons. The summed E-state index contributed by atoms with van der Waals surface area (Å²) in [6.07, 6.45) is 3.61. The van der Waals surface area contributed by atoms with Gasteiger partial charge in [0.25, 0.3) is 0 Å². The minimum Gasteiger partial charge on any atom is -0.235 e. The highest BCUT2D eigenvalue weighted by Crippen LogP contribution is 2.21. The number of hydrogen-bond acceptors (Lipinski definition) is 3. The van der Waals surface area contributed by atoms with Crippen molar-refractivity contribution in [3.63, 3.8) is 0 Å². The van der Waals surface area contributed by atoms with Crippen LogP contribution in [-0.2, 0) is 12.3 Å². The summed E-state index contributed by atoms with van der Waals surface area (Å²) in [5.41, 5.74) is 1.30. The van der Waals surface area contributed by atoms with Gasteiger partial charge in [0.2, 0.25) is 0 Å². The molecule has 0 atom stereocenters. The number of allylic oxidation sites excluding steroid dienone is 1. The topological polar surface area (TPSA) is 30.7 Å². The molecule has 0 saturated carbocycles. The van der Waals surface area contributed by atoms with E-state index in [9.17, 15) is 0 Å². The van der Waals surface area contributed by atoms with Crippen molar-refractivity contribution in [2.75, 3.05) is 0 Å². The maximum atomic E-state index is 3.99. The molecule has 0 bridgehead atoms. The Morgan fingerprint density at radius 2 is 2.12 bits per heavy atom. The largest absolute Gasteiger partial charge is 0.235 e. The third kappa shape index (κ3) is 2.73. The molecule has 0 radical (unpaired) electrons. The molecule has 1 aromatic heterocycles. The molecule has 0 aliphatic heterocycles. The van der Waals surface area contributed by atoms with Gasteiger partial charge in [-0.15, -0.1) is 23.4 Å². The van der Waals surface area contributed by atoms with Gasteiger partial charge in [0, 0.05) is 5.75 Å². The molecule has 2 rings (SSSR count). The molecule has 1 aromatic carbocycles. The Hall–Kier alpha value is -1.55. The fourth-order valence-electron chi connectivity index (χ4n) is 1.34. The zero-order chi connectivity index (χ0) is 11.2. The van der Waals surface area contributed by atoms with Crippen molar-refractivity contribution < 1.29 is 0 Å². The highest BCUT2D eigenvalue weighted by Gasteiger charge is 2.03. The number of aromatic nitrogens is 3. The molecule has 0 N–H and O–H groups in total. The smallest absolute Gasteiger partial charge is 0.115 e. The van der Waals surface area contributed by atoms with Crippen LogP contribution in [0.5, 0.6) is 0 Å². The number of thioether (sulfide) groups is 1. The van der Waals surface area contributed by atoms with Gasteiger partial charge in [0.1, 0.15) is 5.03 Å². The van der Waals surface area contributed by atoms with E-state index in [4.69, 9.17) is 0 Å². The molecule has 0 aliphatic rings. The van der Waals surface area contributed by atoms with Gasteiger partial charge in [-0.25, -0.2) is 4.68 Å². The second-order valence-electron chi connectivity index (χ2n) is 3.32. The molecule has 2 aromatic rings. The van der Waals surface area contributed by atoms with Crippen LogP contribution in [0.15, 0.2) is 54.2 Å². The Bertz CT molecular complexity index is 450. The van der Waals surface area contributed by atoms with Crippen LogP contribution in [0.25, 0.3) is 0 Å². The molecule has 3 nitrogen and oxygen atoms in total. The molecule has 0 fully saturated rings. The molecule has 16 heavy (non-hydrogen) atoms. The third-order valence-electron chi connectivity index (χ3n) is 2.11. The van der Waals surface area contributed by atoms with Gasteiger partial charge >= 0.3 is 0 Å². The summed E-state index contributed by atoms with van der Waals surface area (Å²) in [6.45, 7) is 4.40. The fraction of sp³-hybridized carbons (Fsp3) is 0.167. The second-order valence-corrected chi connectivity index (χ2v) is 4.31. The average Bonchev–Trinajstić information content (AvgIpc) is 2.76. The van der Waals surface area contributed by atoms with E-state index in [0.29, 0.717) is 6.54 Å². The predicted octanol–water partition coefficient (Wildman–Crippen LogP) is 2.76. The Labute approximate surface area is 99.2 Å². The summed E-state index contributed by atoms with van der Waals surface area (Å²) in [5, 5.41) is 8.96. The monoisotopic (exact) mass is 231 g/mol. The minimum absolute atomic E-state index is 0.705. The first-order valence-electron chi connectivity index (χ1n) is 5.06. The summed E-state index contributed by atoms with van der Waals surface area (Å²) in [4.78, 5) is 0. The maximum absolute atomic E-state index is 3.99. The van der Waals surface area contributed by atoms with E-state index in [0.717, 1.165) is 10.8 Å². The molecule has 1 heterocycles. The SMILES string of the molecule is C=CCn1nncc1SCc1ccccc1. The van der Waals surface area contributed by atoms with Crippen LogP contribution in [0.4, 0.5) is 0 Å². The molecular formula is C12H13N3S. The number of benzene rings is 1. The second kappa shape index (κ2) is 5.51. The normalized spacial score (nSPS) is 10.2. The summed E-state index contributed by atoms with van der Waals surface area (Å²) < 4.78 is 1.85. The van der Waals surface area contributed by atoms with E-state index in [1.807, 2.05) is 16.8 Å². The summed E-state index contributed by atoms with van der Waals surface area (Å²) in [7, 11) is 0. The molecular weight excluding hydrogens is 218 g/mol. The summed E-state index contributed by atoms with van der Waals surface area (Å²) in [6, 6.07) is 10.4. The van der Waals surface area contributed by atoms with E-state index < -0.39 is 0 Å². The van der Waals surface area contributed by atoms with E-state index in [1.54, 1.807) is 18.0 Å². The standard InChI is InChI=1S/C12H13N3S/c1-2-8-15-12(9-13-14-15)16-10-11-6-4-3-5-7-11/h2-7,9H,1,8,10H2. The van der Waals surface area contributed by atoms with Gasteiger partial charge in [0.15, 0.2) is 0 Å². The van der Waals surface area contributed by atoms with Crippen LogP contribution in [0.3, 0.4) is 0 Å². The average molecular weight is 231 g/mol. The van der Waals surface area contributed by atoms with Crippen LogP contribution in [0.2, 0.25) is 0 Å². The number of hydrogen-bond donors (Lipinski definition) is 0. The van der Waals surface area contributed by atoms with E-state index in [2.05, 4.69) is 41.2 Å². The first kappa shape index (κ1) is 11.0. The van der Waals surface area contributed by atoms with Crippen LogP contribution in [0.1, 0.15) is 5.56 Å². The van der Waals surface area contributed by atoms with Crippen LogP contribution in [0, 0.1) is 0 Å². The zero-order valence-corrected chi connectivity index (χ0v) is 9.73. The highest BCUT2D eigenvalue weighted by atomic mass is 32.2. The van der Waals surface area contributed by atoms with Crippen LogP contribution < -0.4 is 0 Å². The highest BCUT2D eigenvalue weighted by molar-refractivity contribution is 7.98. The first-order valence-corrected chi connectivity index (χ1v) is 6.05. The Morgan fingerprint density at radius 1 is 1.31 bits per heavy atom. The predicted molar refractivity (Wildman–Crippen MR) is 66.2 cm³/mol. The number of nitrogens with zero attached hydrogens (tertiary/aromatic N) is 3. The quantitative estimate of drug-likeness (QED) is 0.585. The fourth-order valence-corrected chi connectivity index (χ4v) is 2.23. The lowest BCUT2D eigenvalue weighted by molar-refractivity contribution is 0.615. The van der Waals surface area contributed by atoms with Gasteiger partial charge in [-0.3, -0.25) is 0 Å². The van der Waals surface area contributed by atoms with Gasteiger partial charge in [-0.2, -0.15) is 0 Å². The maximum Gasteiger partial charge on any atom is 0.115 e. The molecule has 0 aliphatic carbocycles.